The summed E-state index contributed by atoms with van der Waals surface area (Å²) in [6.45, 7) is 3.57. The van der Waals surface area contributed by atoms with Crippen molar-refractivity contribution in [3.8, 4) is 16.9 Å². The molecule has 4 heteroatoms. The van der Waals surface area contributed by atoms with Crippen molar-refractivity contribution in [2.45, 2.75) is 6.36 Å². The van der Waals surface area contributed by atoms with Gasteiger partial charge in [0, 0.05) is 0 Å². The third-order valence-electron chi connectivity index (χ3n) is 2.39. The first-order valence-electron chi connectivity index (χ1n) is 5.23. The van der Waals surface area contributed by atoms with Crippen molar-refractivity contribution in [1.29, 1.82) is 0 Å². The van der Waals surface area contributed by atoms with Gasteiger partial charge < -0.3 is 4.74 Å². The van der Waals surface area contributed by atoms with E-state index < -0.39 is 6.36 Å². The molecule has 1 radical (unpaired) electrons. The Labute approximate surface area is 103 Å². The predicted molar refractivity (Wildman–Crippen MR) is 63.0 cm³/mol. The maximum absolute atomic E-state index is 12.1. The van der Waals surface area contributed by atoms with E-state index >= 15 is 0 Å². The minimum absolute atomic E-state index is 0.202. The first kappa shape index (κ1) is 12.5. The maximum Gasteiger partial charge on any atom is 0.573 e. The van der Waals surface area contributed by atoms with Gasteiger partial charge in [0.1, 0.15) is 5.75 Å². The van der Waals surface area contributed by atoms with E-state index in [-0.39, 0.29) is 11.3 Å². The number of ether oxygens (including phenoxy) is 1. The highest BCUT2D eigenvalue weighted by Gasteiger charge is 2.31. The maximum atomic E-state index is 12.1. The van der Waals surface area contributed by atoms with Crippen LogP contribution in [0, 0.1) is 6.92 Å². The van der Waals surface area contributed by atoms with Crippen molar-refractivity contribution < 1.29 is 17.9 Å². The van der Waals surface area contributed by atoms with Gasteiger partial charge in [-0.3, -0.25) is 0 Å². The molecule has 2 rings (SSSR count). The van der Waals surface area contributed by atoms with Crippen LogP contribution in [-0.2, 0) is 0 Å². The number of halogens is 3. The van der Waals surface area contributed by atoms with Gasteiger partial charge in [0.2, 0.25) is 0 Å². The summed E-state index contributed by atoms with van der Waals surface area (Å²) in [5, 5.41) is 0. The van der Waals surface area contributed by atoms with E-state index in [1.54, 1.807) is 12.1 Å². The van der Waals surface area contributed by atoms with E-state index in [0.717, 1.165) is 11.1 Å². The molecule has 0 amide bonds. The van der Waals surface area contributed by atoms with Crippen molar-refractivity contribution >= 4 is 0 Å². The van der Waals surface area contributed by atoms with Gasteiger partial charge >= 0.3 is 6.36 Å². The third-order valence-corrected chi connectivity index (χ3v) is 2.39. The molecule has 0 heterocycles. The molecule has 0 saturated heterocycles. The van der Waals surface area contributed by atoms with Gasteiger partial charge in [-0.1, -0.05) is 36.4 Å². The highest BCUT2D eigenvalue weighted by atomic mass is 19.4. The number of rotatable bonds is 2. The lowest BCUT2D eigenvalue weighted by molar-refractivity contribution is -0.274. The van der Waals surface area contributed by atoms with Crippen LogP contribution in [0.3, 0.4) is 0 Å². The van der Waals surface area contributed by atoms with Crippen LogP contribution in [0.2, 0.25) is 0 Å². The Morgan fingerprint density at radius 1 is 0.889 bits per heavy atom. The summed E-state index contributed by atoms with van der Waals surface area (Å²) < 4.78 is 40.1. The fourth-order valence-electron chi connectivity index (χ4n) is 1.61. The van der Waals surface area contributed by atoms with Crippen LogP contribution in [-0.4, -0.2) is 6.36 Å². The van der Waals surface area contributed by atoms with Crippen molar-refractivity contribution in [3.63, 3.8) is 0 Å². The molecule has 0 bridgehead atoms. The van der Waals surface area contributed by atoms with Crippen LogP contribution in [0.15, 0.2) is 48.5 Å². The lowest BCUT2D eigenvalue weighted by Crippen LogP contribution is -2.17. The smallest absolute Gasteiger partial charge is 0.406 e. The third kappa shape index (κ3) is 3.03. The summed E-state index contributed by atoms with van der Waals surface area (Å²) in [7, 11) is 0. The Morgan fingerprint density at radius 2 is 1.56 bits per heavy atom. The standard InChI is InChI=1S/C14H10F3O/c1-10-9-12(11-5-3-2-4-6-11)7-8-13(10)18-14(15,16)17/h2-9H,1H2. The van der Waals surface area contributed by atoms with Gasteiger partial charge in [0.15, 0.2) is 0 Å². The Balaban J connectivity index is 2.31. The molecule has 2 aromatic carbocycles. The molecule has 0 aromatic heterocycles. The van der Waals surface area contributed by atoms with E-state index in [1.165, 1.54) is 6.07 Å². The molecule has 0 aliphatic heterocycles. The van der Waals surface area contributed by atoms with Gasteiger partial charge in [-0.2, -0.15) is 0 Å². The highest BCUT2D eigenvalue weighted by molar-refractivity contribution is 5.65. The second-order valence-corrected chi connectivity index (χ2v) is 3.74. The first-order chi connectivity index (χ1) is 8.46. The summed E-state index contributed by atoms with van der Waals surface area (Å²) in [5.41, 5.74) is 1.92. The van der Waals surface area contributed by atoms with Crippen molar-refractivity contribution in [2.24, 2.45) is 0 Å². The molecule has 0 aliphatic carbocycles. The number of hydrogen-bond acceptors (Lipinski definition) is 1. The molecular formula is C14H10F3O. The molecule has 0 atom stereocenters. The molecule has 0 unspecified atom stereocenters. The normalized spacial score (nSPS) is 11.3. The zero-order valence-electron chi connectivity index (χ0n) is 9.37. The molecular weight excluding hydrogens is 241 g/mol. The summed E-state index contributed by atoms with van der Waals surface area (Å²) in [4.78, 5) is 0. The number of benzene rings is 2. The van der Waals surface area contributed by atoms with Crippen molar-refractivity contribution in [1.82, 2.24) is 0 Å². The molecule has 0 N–H and O–H groups in total. The average molecular weight is 251 g/mol. The molecule has 0 saturated carbocycles. The molecule has 0 fully saturated rings. The lowest BCUT2D eigenvalue weighted by Gasteiger charge is -2.12. The molecule has 0 spiro atoms. The number of alkyl halides is 3. The zero-order valence-corrected chi connectivity index (χ0v) is 9.37. The van der Waals surface area contributed by atoms with E-state index in [2.05, 4.69) is 11.7 Å². The SMILES string of the molecule is [CH2]c1cc(-c2ccccc2)ccc1OC(F)(F)F. The quantitative estimate of drug-likeness (QED) is 0.767. The Bertz CT molecular complexity index is 532. The zero-order chi connectivity index (χ0) is 13.2. The highest BCUT2D eigenvalue weighted by Crippen LogP contribution is 2.29. The van der Waals surface area contributed by atoms with Gasteiger partial charge in [-0.15, -0.1) is 13.2 Å². The molecule has 2 aromatic rings. The summed E-state index contributed by atoms with van der Waals surface area (Å²) >= 11 is 0. The lowest BCUT2D eigenvalue weighted by atomic mass is 10.0. The van der Waals surface area contributed by atoms with E-state index in [1.807, 2.05) is 30.3 Å². The van der Waals surface area contributed by atoms with E-state index in [9.17, 15) is 13.2 Å². The van der Waals surface area contributed by atoms with E-state index in [4.69, 9.17) is 0 Å². The first-order valence-corrected chi connectivity index (χ1v) is 5.23. The average Bonchev–Trinajstić information content (AvgIpc) is 2.31. The summed E-state index contributed by atoms with van der Waals surface area (Å²) in [5.74, 6) is -0.276. The Hall–Kier alpha value is -1.97. The van der Waals surface area contributed by atoms with Crippen LogP contribution in [0.5, 0.6) is 5.75 Å². The van der Waals surface area contributed by atoms with Gasteiger partial charge in [0.25, 0.3) is 0 Å². The van der Waals surface area contributed by atoms with Gasteiger partial charge in [-0.25, -0.2) is 0 Å². The van der Waals surface area contributed by atoms with Crippen LogP contribution < -0.4 is 4.74 Å². The Kier molecular flexibility index (Phi) is 3.28. The molecule has 93 valence electrons. The fraction of sp³-hybridized carbons (Fsp3) is 0.0714. The molecule has 0 aliphatic rings. The second-order valence-electron chi connectivity index (χ2n) is 3.74. The topological polar surface area (TPSA) is 9.23 Å². The van der Waals surface area contributed by atoms with Gasteiger partial charge in [-0.05, 0) is 35.7 Å². The summed E-state index contributed by atoms with van der Waals surface area (Å²) in [6, 6.07) is 13.8. The van der Waals surface area contributed by atoms with Crippen LogP contribution in [0.25, 0.3) is 11.1 Å². The minimum Gasteiger partial charge on any atom is -0.406 e. The monoisotopic (exact) mass is 251 g/mol. The van der Waals surface area contributed by atoms with Crippen LogP contribution >= 0.6 is 0 Å². The minimum atomic E-state index is -4.69. The Morgan fingerprint density at radius 3 is 2.11 bits per heavy atom. The molecule has 1 nitrogen and oxygen atoms in total. The fourth-order valence-corrected chi connectivity index (χ4v) is 1.61. The van der Waals surface area contributed by atoms with Crippen LogP contribution in [0.1, 0.15) is 5.56 Å². The summed E-state index contributed by atoms with van der Waals surface area (Å²) in [6.07, 6.45) is -4.69. The predicted octanol–water partition coefficient (Wildman–Crippen LogP) is 4.43. The van der Waals surface area contributed by atoms with Gasteiger partial charge in [0.05, 0.1) is 0 Å². The largest absolute Gasteiger partial charge is 0.573 e. The number of hydrogen-bond donors (Lipinski definition) is 0. The van der Waals surface area contributed by atoms with Crippen molar-refractivity contribution in [3.05, 3.63) is 61.0 Å². The van der Waals surface area contributed by atoms with Crippen LogP contribution in [0.4, 0.5) is 13.2 Å². The van der Waals surface area contributed by atoms with E-state index in [0.29, 0.717) is 0 Å². The second kappa shape index (κ2) is 4.72. The van der Waals surface area contributed by atoms with Crippen molar-refractivity contribution in [2.75, 3.05) is 0 Å². The molecule has 18 heavy (non-hydrogen) atoms.